The summed E-state index contributed by atoms with van der Waals surface area (Å²) in [4.78, 5) is 18.3. The number of thiophene rings is 1. The van der Waals surface area contributed by atoms with Gasteiger partial charge in [0.1, 0.15) is 0 Å². The number of carbonyl (C=O) groups excluding carboxylic acids is 1. The maximum absolute atomic E-state index is 11.9. The molecule has 0 saturated heterocycles. The summed E-state index contributed by atoms with van der Waals surface area (Å²) in [7, 11) is 0. The summed E-state index contributed by atoms with van der Waals surface area (Å²) in [6.45, 7) is 6.22. The molecule has 2 heterocycles. The second-order valence-electron chi connectivity index (χ2n) is 5.24. The van der Waals surface area contributed by atoms with Crippen LogP contribution in [0.3, 0.4) is 0 Å². The van der Waals surface area contributed by atoms with E-state index < -0.39 is 6.10 Å². The van der Waals surface area contributed by atoms with Crippen molar-refractivity contribution in [3.63, 3.8) is 0 Å². The summed E-state index contributed by atoms with van der Waals surface area (Å²) in [6, 6.07) is 5.19. The molecule has 6 heteroatoms. The van der Waals surface area contributed by atoms with Crippen LogP contribution in [0.1, 0.15) is 40.0 Å². The van der Waals surface area contributed by atoms with E-state index in [0.29, 0.717) is 0 Å². The van der Waals surface area contributed by atoms with E-state index in [9.17, 15) is 9.90 Å². The number of aliphatic hydroxyl groups is 1. The first kappa shape index (κ1) is 16.5. The van der Waals surface area contributed by atoms with Crippen molar-refractivity contribution in [3.05, 3.63) is 51.5 Å². The lowest BCUT2D eigenvalue weighted by molar-refractivity contribution is 0.172. The highest BCUT2D eigenvalue weighted by molar-refractivity contribution is 7.12. The van der Waals surface area contributed by atoms with Gasteiger partial charge >= 0.3 is 6.03 Å². The summed E-state index contributed by atoms with van der Waals surface area (Å²) < 4.78 is 0. The van der Waals surface area contributed by atoms with Gasteiger partial charge in [-0.1, -0.05) is 0 Å². The van der Waals surface area contributed by atoms with Crippen LogP contribution in [0, 0.1) is 13.8 Å². The smallest absolute Gasteiger partial charge is 0.315 e. The van der Waals surface area contributed by atoms with Gasteiger partial charge in [0.05, 0.1) is 12.1 Å². The molecule has 0 aliphatic heterocycles. The number of pyridine rings is 1. The Morgan fingerprint density at radius 2 is 2.05 bits per heavy atom. The van der Waals surface area contributed by atoms with E-state index in [4.69, 9.17) is 0 Å². The monoisotopic (exact) mass is 319 g/mol. The quantitative estimate of drug-likeness (QED) is 0.793. The summed E-state index contributed by atoms with van der Waals surface area (Å²) in [5.41, 5.74) is 1.86. The van der Waals surface area contributed by atoms with Gasteiger partial charge in [0.15, 0.2) is 0 Å². The molecule has 0 radical (unpaired) electrons. The van der Waals surface area contributed by atoms with Gasteiger partial charge < -0.3 is 15.7 Å². The molecule has 0 aliphatic rings. The first-order valence-electron chi connectivity index (χ1n) is 7.16. The van der Waals surface area contributed by atoms with Crippen molar-refractivity contribution in [1.29, 1.82) is 0 Å². The van der Waals surface area contributed by atoms with Crippen LogP contribution in [0.25, 0.3) is 0 Å². The molecule has 22 heavy (non-hydrogen) atoms. The zero-order valence-corrected chi connectivity index (χ0v) is 13.8. The summed E-state index contributed by atoms with van der Waals surface area (Å²) >= 11 is 1.72. The van der Waals surface area contributed by atoms with Crippen molar-refractivity contribution >= 4 is 17.4 Å². The molecule has 0 aliphatic carbocycles. The Hall–Kier alpha value is -1.92. The average molecular weight is 319 g/mol. The van der Waals surface area contributed by atoms with Gasteiger partial charge in [-0.2, -0.15) is 0 Å². The molecule has 2 rings (SSSR count). The number of nitrogens with one attached hydrogen (secondary N) is 2. The van der Waals surface area contributed by atoms with Gasteiger partial charge in [-0.25, -0.2) is 4.79 Å². The Balaban J connectivity index is 1.84. The fourth-order valence-corrected chi connectivity index (χ4v) is 3.32. The minimum absolute atomic E-state index is 0.0666. The molecule has 2 unspecified atom stereocenters. The zero-order valence-electron chi connectivity index (χ0n) is 13.0. The van der Waals surface area contributed by atoms with Gasteiger partial charge in [-0.15, -0.1) is 11.3 Å². The van der Waals surface area contributed by atoms with E-state index in [1.54, 1.807) is 35.9 Å². The molecule has 2 atom stereocenters. The number of carbonyl (C=O) groups is 1. The van der Waals surface area contributed by atoms with Crippen LogP contribution in [0.15, 0.2) is 30.6 Å². The van der Waals surface area contributed by atoms with Crippen LogP contribution in [-0.2, 0) is 0 Å². The van der Waals surface area contributed by atoms with Gasteiger partial charge in [0, 0.05) is 28.7 Å². The van der Waals surface area contributed by atoms with Crippen molar-refractivity contribution in [3.8, 4) is 0 Å². The first-order chi connectivity index (χ1) is 10.5. The molecular weight excluding hydrogens is 298 g/mol. The number of hydrogen-bond donors (Lipinski definition) is 3. The number of nitrogens with zero attached hydrogens (tertiary/aromatic N) is 1. The molecule has 0 fully saturated rings. The van der Waals surface area contributed by atoms with Gasteiger partial charge in [-0.3, -0.25) is 4.98 Å². The second kappa shape index (κ2) is 7.38. The van der Waals surface area contributed by atoms with Crippen LogP contribution in [0.5, 0.6) is 0 Å². The molecule has 0 bridgehead atoms. The van der Waals surface area contributed by atoms with Crippen molar-refractivity contribution < 1.29 is 9.90 Å². The van der Waals surface area contributed by atoms with Crippen LogP contribution in [0.2, 0.25) is 0 Å². The van der Waals surface area contributed by atoms with Crippen molar-refractivity contribution in [1.82, 2.24) is 15.6 Å². The Morgan fingerprint density at radius 1 is 1.36 bits per heavy atom. The highest BCUT2D eigenvalue weighted by atomic mass is 32.1. The molecule has 2 aromatic rings. The predicted molar refractivity (Wildman–Crippen MR) is 87.9 cm³/mol. The largest absolute Gasteiger partial charge is 0.387 e. The number of aromatic nitrogens is 1. The Bertz CT molecular complexity index is 628. The lowest BCUT2D eigenvalue weighted by atomic mass is 10.1. The van der Waals surface area contributed by atoms with Gasteiger partial charge in [0.25, 0.3) is 0 Å². The minimum Gasteiger partial charge on any atom is -0.387 e. The molecular formula is C16H21N3O2S. The molecule has 0 spiro atoms. The number of aryl methyl sites for hydroxylation is 2. The molecule has 2 aromatic heterocycles. The van der Waals surface area contributed by atoms with E-state index in [1.165, 1.54) is 9.75 Å². The van der Waals surface area contributed by atoms with Crippen molar-refractivity contribution in [2.75, 3.05) is 6.54 Å². The van der Waals surface area contributed by atoms with Gasteiger partial charge in [-0.05, 0) is 50.1 Å². The van der Waals surface area contributed by atoms with Gasteiger partial charge in [0.2, 0.25) is 0 Å². The van der Waals surface area contributed by atoms with Crippen LogP contribution < -0.4 is 10.6 Å². The van der Waals surface area contributed by atoms with E-state index in [0.717, 1.165) is 11.1 Å². The molecule has 118 valence electrons. The third kappa shape index (κ3) is 4.29. The van der Waals surface area contributed by atoms with Crippen molar-refractivity contribution in [2.24, 2.45) is 0 Å². The normalized spacial score (nSPS) is 13.5. The number of urea groups is 1. The summed E-state index contributed by atoms with van der Waals surface area (Å²) in [5, 5.41) is 15.6. The highest BCUT2D eigenvalue weighted by Gasteiger charge is 2.15. The Kier molecular flexibility index (Phi) is 5.51. The number of aliphatic hydroxyl groups excluding tert-OH is 1. The predicted octanol–water partition coefficient (Wildman–Crippen LogP) is 2.85. The number of rotatable bonds is 5. The van der Waals surface area contributed by atoms with E-state index >= 15 is 0 Å². The lowest BCUT2D eigenvalue weighted by Crippen LogP contribution is -2.39. The highest BCUT2D eigenvalue weighted by Crippen LogP contribution is 2.25. The topological polar surface area (TPSA) is 74.2 Å². The lowest BCUT2D eigenvalue weighted by Gasteiger charge is -2.16. The molecule has 2 amide bonds. The second-order valence-corrected chi connectivity index (χ2v) is 6.70. The van der Waals surface area contributed by atoms with E-state index in [2.05, 4.69) is 35.5 Å². The molecule has 0 aromatic carbocycles. The number of hydrogen-bond acceptors (Lipinski definition) is 4. The van der Waals surface area contributed by atoms with E-state index in [-0.39, 0.29) is 18.6 Å². The SMILES string of the molecule is Cc1cc(C(C)NC(=O)NCC(O)c2ccncc2)c(C)s1. The Labute approximate surface area is 134 Å². The van der Waals surface area contributed by atoms with Crippen LogP contribution in [0.4, 0.5) is 4.79 Å². The minimum atomic E-state index is -0.741. The Morgan fingerprint density at radius 3 is 2.64 bits per heavy atom. The molecule has 3 N–H and O–H groups in total. The summed E-state index contributed by atoms with van der Waals surface area (Å²) in [6.07, 6.45) is 2.49. The fourth-order valence-electron chi connectivity index (χ4n) is 2.30. The number of amides is 2. The molecule has 5 nitrogen and oxygen atoms in total. The first-order valence-corrected chi connectivity index (χ1v) is 7.98. The zero-order chi connectivity index (χ0) is 16.1. The maximum atomic E-state index is 11.9. The standard InChI is InChI=1S/C16H21N3O2S/c1-10-8-14(12(3)22-10)11(2)19-16(21)18-9-15(20)13-4-6-17-7-5-13/h4-8,11,15,20H,9H2,1-3H3,(H2,18,19,21). The maximum Gasteiger partial charge on any atom is 0.315 e. The van der Waals surface area contributed by atoms with Crippen LogP contribution in [-0.4, -0.2) is 22.7 Å². The average Bonchev–Trinajstić information content (AvgIpc) is 2.84. The third-order valence-corrected chi connectivity index (χ3v) is 4.42. The fraction of sp³-hybridized carbons (Fsp3) is 0.375. The third-order valence-electron chi connectivity index (χ3n) is 3.44. The van der Waals surface area contributed by atoms with Crippen molar-refractivity contribution in [2.45, 2.75) is 32.9 Å². The molecule has 0 saturated carbocycles. The van der Waals surface area contributed by atoms with Crippen LogP contribution >= 0.6 is 11.3 Å². The van der Waals surface area contributed by atoms with E-state index in [1.807, 2.05) is 6.92 Å². The summed E-state index contributed by atoms with van der Waals surface area (Å²) in [5.74, 6) is 0.